The zero-order valence-electron chi connectivity index (χ0n) is 17.1. The van der Waals surface area contributed by atoms with Crippen molar-refractivity contribution in [3.63, 3.8) is 0 Å². The van der Waals surface area contributed by atoms with Crippen molar-refractivity contribution in [2.75, 3.05) is 45.6 Å². The first kappa shape index (κ1) is 23.1. The Hall–Kier alpha value is -1.62. The molecule has 2 saturated heterocycles. The summed E-state index contributed by atoms with van der Waals surface area (Å²) in [6.07, 6.45) is 4.45. The molecule has 3 rings (SSSR count). The third kappa shape index (κ3) is 5.96. The van der Waals surface area contributed by atoms with Crippen LogP contribution in [0.1, 0.15) is 36.0 Å². The lowest BCUT2D eigenvalue weighted by Crippen LogP contribution is -2.53. The number of sulfonamides is 1. The van der Waals surface area contributed by atoms with Gasteiger partial charge in [0.05, 0.1) is 11.8 Å². The van der Waals surface area contributed by atoms with Gasteiger partial charge in [-0.3, -0.25) is 9.69 Å². The summed E-state index contributed by atoms with van der Waals surface area (Å²) in [5.41, 5.74) is -0.185. The van der Waals surface area contributed by atoms with Gasteiger partial charge in [0, 0.05) is 57.5 Å². The molecule has 0 aromatic heterocycles. The zero-order valence-corrected chi connectivity index (χ0v) is 18.0. The number of piperidine rings is 1. The predicted molar refractivity (Wildman–Crippen MR) is 109 cm³/mol. The molecular weight excluding hydrogens is 416 g/mol. The maximum atomic E-state index is 13.8. The Bertz CT molecular complexity index is 838. The minimum atomic E-state index is -3.19. The number of nitrogens with zero attached hydrogens (tertiary/aromatic N) is 2. The molecule has 0 bridgehead atoms. The van der Waals surface area contributed by atoms with Crippen LogP contribution >= 0.6 is 0 Å². The fourth-order valence-corrected chi connectivity index (χ4v) is 5.13. The molecule has 1 N–H and O–H groups in total. The third-order valence-electron chi connectivity index (χ3n) is 5.85. The Morgan fingerprint density at radius 1 is 1.17 bits per heavy atom. The Morgan fingerprint density at radius 2 is 1.80 bits per heavy atom. The normalized spacial score (nSPS) is 19.9. The van der Waals surface area contributed by atoms with E-state index in [1.165, 1.54) is 10.6 Å². The van der Waals surface area contributed by atoms with E-state index in [0.29, 0.717) is 51.5 Å². The van der Waals surface area contributed by atoms with Gasteiger partial charge in [0.2, 0.25) is 10.0 Å². The highest BCUT2D eigenvalue weighted by Crippen LogP contribution is 2.24. The molecule has 30 heavy (non-hydrogen) atoms. The Kier molecular flexibility index (Phi) is 7.78. The lowest BCUT2D eigenvalue weighted by atomic mass is 9.98. The molecule has 0 unspecified atom stereocenters. The van der Waals surface area contributed by atoms with E-state index in [2.05, 4.69) is 10.2 Å². The van der Waals surface area contributed by atoms with Gasteiger partial charge in [-0.2, -0.15) is 0 Å². The van der Waals surface area contributed by atoms with Crippen LogP contribution in [-0.4, -0.2) is 81.3 Å². The van der Waals surface area contributed by atoms with E-state index in [4.69, 9.17) is 4.74 Å². The summed E-state index contributed by atoms with van der Waals surface area (Å²) >= 11 is 0. The highest BCUT2D eigenvalue weighted by molar-refractivity contribution is 7.88. The van der Waals surface area contributed by atoms with Crippen molar-refractivity contribution in [3.8, 4) is 0 Å². The van der Waals surface area contributed by atoms with Gasteiger partial charge in [0.1, 0.15) is 11.6 Å². The highest BCUT2D eigenvalue weighted by atomic mass is 32.2. The van der Waals surface area contributed by atoms with Gasteiger partial charge in [0.15, 0.2) is 0 Å². The van der Waals surface area contributed by atoms with Crippen LogP contribution in [-0.2, 0) is 14.8 Å². The molecule has 7 nitrogen and oxygen atoms in total. The number of hydrogen-bond donors (Lipinski definition) is 1. The summed E-state index contributed by atoms with van der Waals surface area (Å²) in [5, 5.41) is 2.72. The Balaban J connectivity index is 1.60. The molecule has 1 aromatic rings. The number of ether oxygens (including phenoxy) is 1. The van der Waals surface area contributed by atoms with E-state index in [1.807, 2.05) is 0 Å². The van der Waals surface area contributed by atoms with Crippen molar-refractivity contribution < 1.29 is 26.7 Å². The van der Waals surface area contributed by atoms with Crippen molar-refractivity contribution in [2.45, 2.75) is 37.8 Å². The molecule has 0 spiro atoms. The van der Waals surface area contributed by atoms with Crippen LogP contribution in [0.3, 0.4) is 0 Å². The van der Waals surface area contributed by atoms with E-state index < -0.39 is 27.6 Å². The number of carbonyl (C=O) groups is 1. The van der Waals surface area contributed by atoms with Crippen LogP contribution in [0.25, 0.3) is 0 Å². The Labute approximate surface area is 176 Å². The summed E-state index contributed by atoms with van der Waals surface area (Å²) in [7, 11) is -3.19. The van der Waals surface area contributed by atoms with Crippen LogP contribution in [0.5, 0.6) is 0 Å². The second-order valence-electron chi connectivity index (χ2n) is 7.85. The molecule has 168 valence electrons. The quantitative estimate of drug-likeness (QED) is 0.690. The number of amides is 1. The van der Waals surface area contributed by atoms with Gasteiger partial charge in [-0.25, -0.2) is 21.5 Å². The van der Waals surface area contributed by atoms with Crippen molar-refractivity contribution in [1.29, 1.82) is 0 Å². The van der Waals surface area contributed by atoms with Gasteiger partial charge in [-0.15, -0.1) is 0 Å². The molecule has 2 fully saturated rings. The van der Waals surface area contributed by atoms with Gasteiger partial charge in [-0.05, 0) is 37.8 Å². The van der Waals surface area contributed by atoms with Crippen molar-refractivity contribution in [3.05, 3.63) is 35.4 Å². The van der Waals surface area contributed by atoms with Crippen LogP contribution < -0.4 is 5.32 Å². The smallest absolute Gasteiger partial charge is 0.254 e. The number of nitrogens with one attached hydrogen (secondary N) is 1. The minimum Gasteiger partial charge on any atom is -0.381 e. The molecule has 0 aliphatic carbocycles. The molecule has 10 heteroatoms. The van der Waals surface area contributed by atoms with Crippen molar-refractivity contribution >= 4 is 15.9 Å². The summed E-state index contributed by atoms with van der Waals surface area (Å²) in [4.78, 5) is 14.6. The molecule has 1 aromatic carbocycles. The average Bonchev–Trinajstić information content (AvgIpc) is 2.71. The predicted octanol–water partition coefficient (Wildman–Crippen LogP) is 1.60. The summed E-state index contributed by atoms with van der Waals surface area (Å²) in [5.74, 6) is -2.19. The first-order valence-corrected chi connectivity index (χ1v) is 12.1. The number of rotatable bonds is 7. The molecule has 0 saturated carbocycles. The monoisotopic (exact) mass is 445 g/mol. The van der Waals surface area contributed by atoms with Crippen molar-refractivity contribution in [1.82, 2.24) is 14.5 Å². The lowest BCUT2D eigenvalue weighted by molar-refractivity contribution is 0.00747. The molecule has 2 aliphatic heterocycles. The second kappa shape index (κ2) is 10.1. The average molecular weight is 446 g/mol. The first-order chi connectivity index (χ1) is 14.3. The molecule has 0 radical (unpaired) electrons. The molecule has 2 heterocycles. The van der Waals surface area contributed by atoms with E-state index >= 15 is 0 Å². The van der Waals surface area contributed by atoms with Crippen LogP contribution in [0.2, 0.25) is 0 Å². The van der Waals surface area contributed by atoms with Gasteiger partial charge < -0.3 is 10.1 Å². The number of carbonyl (C=O) groups excluding carboxylic acids is 1. The van der Waals surface area contributed by atoms with E-state index in [1.54, 1.807) is 0 Å². The van der Waals surface area contributed by atoms with Gasteiger partial charge in [-0.1, -0.05) is 0 Å². The highest BCUT2D eigenvalue weighted by Gasteiger charge is 2.32. The molecule has 0 atom stereocenters. The Morgan fingerprint density at radius 3 is 2.40 bits per heavy atom. The summed E-state index contributed by atoms with van der Waals surface area (Å²) in [6.45, 7) is 3.21. The summed E-state index contributed by atoms with van der Waals surface area (Å²) in [6, 6.07) is 3.40. The third-order valence-corrected chi connectivity index (χ3v) is 7.16. The minimum absolute atomic E-state index is 0.185. The lowest BCUT2D eigenvalue weighted by Gasteiger charge is -2.43. The van der Waals surface area contributed by atoms with E-state index in [9.17, 15) is 22.0 Å². The second-order valence-corrected chi connectivity index (χ2v) is 9.84. The van der Waals surface area contributed by atoms with Crippen molar-refractivity contribution in [2.24, 2.45) is 0 Å². The van der Waals surface area contributed by atoms with Gasteiger partial charge >= 0.3 is 0 Å². The topological polar surface area (TPSA) is 79.0 Å². The maximum absolute atomic E-state index is 13.8. The molecule has 2 aliphatic rings. The maximum Gasteiger partial charge on any atom is 0.254 e. The fourth-order valence-electron chi connectivity index (χ4n) is 4.25. The molecular formula is C20H29F2N3O4S. The molecule has 1 amide bonds. The largest absolute Gasteiger partial charge is 0.381 e. The number of halogens is 2. The SMILES string of the molecule is CS(=O)(=O)N1CCC(N(CCNC(=O)c2ccc(F)cc2F)C2CCOCC2)CC1. The zero-order chi connectivity index (χ0) is 21.7. The number of benzene rings is 1. The standard InChI is InChI=1S/C20H29F2N3O4S/c1-30(27,28)24-9-4-16(5-10-24)25(17-6-12-29-13-7-17)11-8-23-20(26)18-3-2-15(21)14-19(18)22/h2-3,14,16-17H,4-13H2,1H3,(H,23,26). The van der Waals surface area contributed by atoms with E-state index in [-0.39, 0.29) is 11.6 Å². The van der Waals surface area contributed by atoms with Crippen LogP contribution in [0.15, 0.2) is 18.2 Å². The first-order valence-electron chi connectivity index (χ1n) is 10.3. The number of hydrogen-bond acceptors (Lipinski definition) is 5. The van der Waals surface area contributed by atoms with Crippen LogP contribution in [0.4, 0.5) is 8.78 Å². The fraction of sp³-hybridized carbons (Fsp3) is 0.650. The summed E-state index contributed by atoms with van der Waals surface area (Å²) < 4.78 is 57.4. The van der Waals surface area contributed by atoms with Gasteiger partial charge in [0.25, 0.3) is 5.91 Å². The van der Waals surface area contributed by atoms with E-state index in [0.717, 1.165) is 37.8 Å². The van der Waals surface area contributed by atoms with Crippen LogP contribution in [0, 0.1) is 11.6 Å².